The molecule has 2 aromatic carbocycles. The topological polar surface area (TPSA) is 76.9 Å². The third-order valence-corrected chi connectivity index (χ3v) is 4.81. The van der Waals surface area contributed by atoms with Crippen molar-refractivity contribution in [2.45, 2.75) is 18.4 Å². The van der Waals surface area contributed by atoms with Crippen molar-refractivity contribution in [3.05, 3.63) is 60.7 Å². The van der Waals surface area contributed by atoms with E-state index in [0.717, 1.165) is 11.6 Å². The molecule has 0 spiro atoms. The second-order valence-electron chi connectivity index (χ2n) is 5.08. The summed E-state index contributed by atoms with van der Waals surface area (Å²) in [5, 5.41) is 7.91. The number of benzene rings is 2. The molecule has 0 saturated heterocycles. The molecule has 6 nitrogen and oxygen atoms in total. The summed E-state index contributed by atoms with van der Waals surface area (Å²) in [6, 6.07) is 11.7. The number of rotatable bonds is 5. The fraction of sp³-hybridized carbons (Fsp3) is 0.125. The molecule has 0 atom stereocenters. The van der Waals surface area contributed by atoms with Crippen molar-refractivity contribution in [2.75, 3.05) is 4.72 Å². The number of nitrogens with one attached hydrogen (secondary N) is 1. The average Bonchev–Trinajstić information content (AvgIpc) is 3.03. The smallest absolute Gasteiger partial charge is 0.261 e. The molecule has 8 heteroatoms. The van der Waals surface area contributed by atoms with Gasteiger partial charge in [0.05, 0.1) is 4.90 Å². The first-order valence-corrected chi connectivity index (χ1v) is 8.74. The number of sulfonamides is 1. The number of aryl methyl sites for hydroxylation is 1. The van der Waals surface area contributed by atoms with Gasteiger partial charge in [0.25, 0.3) is 10.0 Å². The van der Waals surface area contributed by atoms with E-state index < -0.39 is 15.8 Å². The molecule has 0 aliphatic carbocycles. The molecular formula is C16H15FN4O2S. The van der Waals surface area contributed by atoms with E-state index in [1.807, 2.05) is 17.6 Å². The number of hydrogen-bond acceptors (Lipinski definition) is 4. The highest BCUT2D eigenvalue weighted by molar-refractivity contribution is 7.92. The lowest BCUT2D eigenvalue weighted by Gasteiger charge is -2.10. The first-order chi connectivity index (χ1) is 11.5. The average molecular weight is 346 g/mol. The Morgan fingerprint density at radius 1 is 1.17 bits per heavy atom. The van der Waals surface area contributed by atoms with Gasteiger partial charge < -0.3 is 4.57 Å². The zero-order chi connectivity index (χ0) is 17.2. The van der Waals surface area contributed by atoms with E-state index in [2.05, 4.69) is 14.9 Å². The summed E-state index contributed by atoms with van der Waals surface area (Å²) in [6.07, 6.45) is 1.61. The number of hydrogen-bond donors (Lipinski definition) is 1. The van der Waals surface area contributed by atoms with E-state index >= 15 is 0 Å². The molecule has 3 rings (SSSR count). The molecule has 0 aliphatic rings. The molecule has 0 fully saturated rings. The molecule has 1 aromatic heterocycles. The lowest BCUT2D eigenvalue weighted by molar-refractivity contribution is 0.595. The van der Waals surface area contributed by atoms with Gasteiger partial charge in [-0.2, -0.15) is 0 Å². The van der Waals surface area contributed by atoms with Crippen LogP contribution in [0.25, 0.3) is 11.4 Å². The Morgan fingerprint density at radius 2 is 1.96 bits per heavy atom. The van der Waals surface area contributed by atoms with Gasteiger partial charge in [-0.05, 0) is 37.3 Å². The van der Waals surface area contributed by atoms with Gasteiger partial charge in [-0.15, -0.1) is 10.2 Å². The fourth-order valence-corrected chi connectivity index (χ4v) is 3.36. The second-order valence-corrected chi connectivity index (χ2v) is 6.77. The summed E-state index contributed by atoms with van der Waals surface area (Å²) in [5.41, 5.74) is 1.09. The third-order valence-electron chi connectivity index (χ3n) is 3.44. The van der Waals surface area contributed by atoms with E-state index in [-0.39, 0.29) is 4.90 Å². The highest BCUT2D eigenvalue weighted by Crippen LogP contribution is 2.23. The molecule has 0 saturated carbocycles. The predicted octanol–water partition coefficient (Wildman–Crippen LogP) is 2.90. The van der Waals surface area contributed by atoms with Crippen LogP contribution in [-0.4, -0.2) is 23.2 Å². The number of halogens is 1. The molecule has 0 amide bonds. The van der Waals surface area contributed by atoms with Crippen molar-refractivity contribution in [1.82, 2.24) is 14.8 Å². The normalized spacial score (nSPS) is 11.4. The van der Waals surface area contributed by atoms with Crippen LogP contribution in [0.5, 0.6) is 0 Å². The Bertz CT molecular complexity index is 969. The van der Waals surface area contributed by atoms with Crippen LogP contribution in [-0.2, 0) is 16.6 Å². The van der Waals surface area contributed by atoms with Crippen LogP contribution < -0.4 is 4.72 Å². The van der Waals surface area contributed by atoms with Crippen molar-refractivity contribution in [1.29, 1.82) is 0 Å². The molecule has 3 aromatic rings. The summed E-state index contributed by atoms with van der Waals surface area (Å²) < 4.78 is 42.3. The van der Waals surface area contributed by atoms with Crippen LogP contribution in [0, 0.1) is 5.82 Å². The molecule has 1 heterocycles. The van der Waals surface area contributed by atoms with Crippen molar-refractivity contribution in [3.63, 3.8) is 0 Å². The molecule has 24 heavy (non-hydrogen) atoms. The van der Waals surface area contributed by atoms with Gasteiger partial charge in [-0.3, -0.25) is 4.72 Å². The summed E-state index contributed by atoms with van der Waals surface area (Å²) in [4.78, 5) is -0.135. The van der Waals surface area contributed by atoms with Gasteiger partial charge in [0.2, 0.25) is 0 Å². The predicted molar refractivity (Wildman–Crippen MR) is 88.3 cm³/mol. The van der Waals surface area contributed by atoms with Crippen LogP contribution in [0.1, 0.15) is 6.92 Å². The SMILES string of the molecule is CCn1cnnc1-c1cccc(NS(=O)(=O)c2cccc(F)c2)c1. The Morgan fingerprint density at radius 3 is 2.71 bits per heavy atom. The van der Waals surface area contributed by atoms with E-state index in [4.69, 9.17) is 0 Å². The maximum absolute atomic E-state index is 13.3. The van der Waals surface area contributed by atoms with Crippen LogP contribution in [0.3, 0.4) is 0 Å². The van der Waals surface area contributed by atoms with Gasteiger partial charge in [-0.1, -0.05) is 18.2 Å². The standard InChI is InChI=1S/C16H15FN4O2S/c1-2-21-11-18-19-16(21)12-5-3-7-14(9-12)20-24(22,23)15-8-4-6-13(17)10-15/h3-11,20H,2H2,1H3. The largest absolute Gasteiger partial charge is 0.314 e. The summed E-state index contributed by atoms with van der Waals surface area (Å²) >= 11 is 0. The van der Waals surface area contributed by atoms with Crippen molar-refractivity contribution in [2.24, 2.45) is 0 Å². The van der Waals surface area contributed by atoms with Crippen LogP contribution in [0.2, 0.25) is 0 Å². The van der Waals surface area contributed by atoms with Gasteiger partial charge >= 0.3 is 0 Å². The van der Waals surface area contributed by atoms with Gasteiger partial charge in [0.15, 0.2) is 5.82 Å². The highest BCUT2D eigenvalue weighted by Gasteiger charge is 2.15. The molecule has 124 valence electrons. The van der Waals surface area contributed by atoms with Crippen LogP contribution >= 0.6 is 0 Å². The second kappa shape index (κ2) is 6.40. The van der Waals surface area contributed by atoms with Gasteiger partial charge in [0, 0.05) is 17.8 Å². The minimum Gasteiger partial charge on any atom is -0.314 e. The highest BCUT2D eigenvalue weighted by atomic mass is 32.2. The molecule has 1 N–H and O–H groups in total. The van der Waals surface area contributed by atoms with Crippen molar-refractivity contribution in [3.8, 4) is 11.4 Å². The van der Waals surface area contributed by atoms with Crippen LogP contribution in [0.4, 0.5) is 10.1 Å². The Hall–Kier alpha value is -2.74. The molecule has 0 bridgehead atoms. The van der Waals surface area contributed by atoms with E-state index in [0.29, 0.717) is 18.1 Å². The van der Waals surface area contributed by atoms with Gasteiger partial charge in [0.1, 0.15) is 12.1 Å². The summed E-state index contributed by atoms with van der Waals surface area (Å²) in [5.74, 6) is 0.0342. The van der Waals surface area contributed by atoms with Crippen molar-refractivity contribution >= 4 is 15.7 Å². The first kappa shape index (κ1) is 16.1. The van der Waals surface area contributed by atoms with E-state index in [1.54, 1.807) is 24.5 Å². The maximum atomic E-state index is 13.3. The monoisotopic (exact) mass is 346 g/mol. The Kier molecular flexibility index (Phi) is 4.30. The Labute approximate surface area is 139 Å². The number of aromatic nitrogens is 3. The molecule has 0 radical (unpaired) electrons. The lowest BCUT2D eigenvalue weighted by Crippen LogP contribution is -2.13. The van der Waals surface area contributed by atoms with Gasteiger partial charge in [-0.25, -0.2) is 12.8 Å². The zero-order valence-corrected chi connectivity index (χ0v) is 13.7. The molecule has 0 aliphatic heterocycles. The zero-order valence-electron chi connectivity index (χ0n) is 12.8. The third kappa shape index (κ3) is 3.28. The number of anilines is 1. The minimum atomic E-state index is -3.87. The lowest BCUT2D eigenvalue weighted by atomic mass is 10.2. The van der Waals surface area contributed by atoms with Crippen LogP contribution in [0.15, 0.2) is 59.8 Å². The Balaban J connectivity index is 1.93. The minimum absolute atomic E-state index is 0.135. The van der Waals surface area contributed by atoms with Crippen molar-refractivity contribution < 1.29 is 12.8 Å². The molecule has 0 unspecified atom stereocenters. The van der Waals surface area contributed by atoms with E-state index in [1.165, 1.54) is 18.2 Å². The maximum Gasteiger partial charge on any atom is 0.261 e. The number of nitrogens with zero attached hydrogens (tertiary/aromatic N) is 3. The first-order valence-electron chi connectivity index (χ1n) is 7.26. The fourth-order valence-electron chi connectivity index (χ4n) is 2.28. The van der Waals surface area contributed by atoms with E-state index in [9.17, 15) is 12.8 Å². The summed E-state index contributed by atoms with van der Waals surface area (Å²) in [7, 11) is -3.87. The summed E-state index contributed by atoms with van der Waals surface area (Å²) in [6.45, 7) is 2.66. The quantitative estimate of drug-likeness (QED) is 0.771. The molecular weight excluding hydrogens is 331 g/mol.